The van der Waals surface area contributed by atoms with Gasteiger partial charge in [-0.25, -0.2) is 0 Å². The molecule has 1 aromatic rings. The van der Waals surface area contributed by atoms with Crippen LogP contribution < -0.4 is 4.74 Å². The Kier molecular flexibility index (Phi) is 4.88. The van der Waals surface area contributed by atoms with Crippen molar-refractivity contribution in [1.29, 1.82) is 0 Å². The van der Waals surface area contributed by atoms with Crippen LogP contribution in [0.15, 0.2) is 18.2 Å². The first-order chi connectivity index (χ1) is 9.93. The predicted molar refractivity (Wildman–Crippen MR) is 82.7 cm³/mol. The summed E-state index contributed by atoms with van der Waals surface area (Å²) in [4.78, 5) is 13.5. The van der Waals surface area contributed by atoms with Crippen LogP contribution in [0.4, 0.5) is 0 Å². The van der Waals surface area contributed by atoms with Crippen molar-refractivity contribution in [1.82, 2.24) is 4.90 Å². The first-order valence-corrected chi connectivity index (χ1v) is 7.57. The maximum atomic E-state index is 11.2. The third kappa shape index (κ3) is 3.38. The van der Waals surface area contributed by atoms with Crippen LogP contribution in [-0.4, -0.2) is 35.7 Å². The second-order valence-corrected chi connectivity index (χ2v) is 6.07. The van der Waals surface area contributed by atoms with E-state index < -0.39 is 5.97 Å². The molecule has 3 unspecified atom stereocenters. The van der Waals surface area contributed by atoms with Gasteiger partial charge < -0.3 is 9.84 Å². The van der Waals surface area contributed by atoms with E-state index in [0.29, 0.717) is 6.42 Å². The number of methoxy groups -OCH3 is 1. The van der Waals surface area contributed by atoms with E-state index in [4.69, 9.17) is 4.74 Å². The van der Waals surface area contributed by atoms with Crippen molar-refractivity contribution >= 4 is 5.97 Å². The summed E-state index contributed by atoms with van der Waals surface area (Å²) >= 11 is 0. The Morgan fingerprint density at radius 3 is 2.76 bits per heavy atom. The van der Waals surface area contributed by atoms with Crippen LogP contribution in [0.3, 0.4) is 0 Å². The van der Waals surface area contributed by atoms with Crippen LogP contribution in [0.25, 0.3) is 0 Å². The molecule has 116 valence electrons. The number of hydrogen-bond acceptors (Lipinski definition) is 3. The molecule has 2 rings (SSSR count). The van der Waals surface area contributed by atoms with Crippen molar-refractivity contribution in [3.05, 3.63) is 29.3 Å². The van der Waals surface area contributed by atoms with Crippen LogP contribution in [-0.2, 0) is 4.79 Å². The molecule has 1 saturated heterocycles. The summed E-state index contributed by atoms with van der Waals surface area (Å²) in [7, 11) is 1.70. The molecule has 1 fully saturated rings. The van der Waals surface area contributed by atoms with Crippen LogP contribution in [0.2, 0.25) is 0 Å². The lowest BCUT2D eigenvalue weighted by Gasteiger charge is -2.40. The summed E-state index contributed by atoms with van der Waals surface area (Å²) < 4.78 is 5.49. The smallest absolute Gasteiger partial charge is 0.306 e. The predicted octanol–water partition coefficient (Wildman–Crippen LogP) is 3.25. The van der Waals surface area contributed by atoms with E-state index >= 15 is 0 Å². The average Bonchev–Trinajstić information content (AvgIpc) is 2.46. The molecular weight excluding hydrogens is 266 g/mol. The van der Waals surface area contributed by atoms with Crippen molar-refractivity contribution in [2.24, 2.45) is 5.92 Å². The number of carbonyl (C=O) groups is 1. The van der Waals surface area contributed by atoms with E-state index in [1.807, 2.05) is 6.07 Å². The fourth-order valence-corrected chi connectivity index (χ4v) is 3.35. The number of nitrogens with zero attached hydrogens (tertiary/aromatic N) is 1. The number of hydrogen-bond donors (Lipinski definition) is 1. The summed E-state index contributed by atoms with van der Waals surface area (Å²) in [5.74, 6) is 0.0332. The molecule has 4 heteroatoms. The summed E-state index contributed by atoms with van der Waals surface area (Å²) in [5.41, 5.74) is 2.39. The summed E-state index contributed by atoms with van der Waals surface area (Å²) in [5, 5.41) is 9.18. The van der Waals surface area contributed by atoms with Gasteiger partial charge in [-0.05, 0) is 46.2 Å². The topological polar surface area (TPSA) is 49.8 Å². The van der Waals surface area contributed by atoms with E-state index in [1.54, 1.807) is 7.11 Å². The molecule has 21 heavy (non-hydrogen) atoms. The molecular formula is C17H25NO3. The standard InChI is InChI=1S/C17H25NO3/c1-11-5-6-16(21-4)15(9-11)13(3)18-8-7-14(17(19)20)10-12(18)2/h5-6,9,12-14H,7-8,10H2,1-4H3,(H,19,20). The van der Waals surface area contributed by atoms with Crippen molar-refractivity contribution < 1.29 is 14.6 Å². The molecule has 1 N–H and O–H groups in total. The highest BCUT2D eigenvalue weighted by Crippen LogP contribution is 2.35. The zero-order chi connectivity index (χ0) is 15.6. The third-order valence-corrected chi connectivity index (χ3v) is 4.61. The Morgan fingerprint density at radius 1 is 1.48 bits per heavy atom. The monoisotopic (exact) mass is 291 g/mol. The molecule has 0 spiro atoms. The van der Waals surface area contributed by atoms with Gasteiger partial charge in [0.2, 0.25) is 0 Å². The molecule has 0 saturated carbocycles. The number of piperidine rings is 1. The molecule has 0 amide bonds. The van der Waals surface area contributed by atoms with Gasteiger partial charge in [0, 0.05) is 17.6 Å². The lowest BCUT2D eigenvalue weighted by molar-refractivity contribution is -0.144. The van der Waals surface area contributed by atoms with Gasteiger partial charge in [0.1, 0.15) is 5.75 Å². The largest absolute Gasteiger partial charge is 0.496 e. The SMILES string of the molecule is COc1ccc(C)cc1C(C)N1CCC(C(=O)O)CC1C. The highest BCUT2D eigenvalue weighted by atomic mass is 16.5. The molecule has 1 aromatic carbocycles. The Labute approximate surface area is 126 Å². The van der Waals surface area contributed by atoms with Crippen molar-refractivity contribution in [2.75, 3.05) is 13.7 Å². The molecule has 0 aromatic heterocycles. The molecule has 0 radical (unpaired) electrons. The lowest BCUT2D eigenvalue weighted by atomic mass is 9.89. The Bertz CT molecular complexity index is 515. The highest BCUT2D eigenvalue weighted by molar-refractivity contribution is 5.70. The average molecular weight is 291 g/mol. The van der Waals surface area contributed by atoms with Gasteiger partial charge in [0.15, 0.2) is 0 Å². The zero-order valence-electron chi connectivity index (χ0n) is 13.3. The van der Waals surface area contributed by atoms with Crippen molar-refractivity contribution in [3.63, 3.8) is 0 Å². The van der Waals surface area contributed by atoms with E-state index in [0.717, 1.165) is 18.7 Å². The first kappa shape index (κ1) is 15.8. The minimum Gasteiger partial charge on any atom is -0.496 e. The van der Waals surface area contributed by atoms with E-state index in [-0.39, 0.29) is 18.0 Å². The fourth-order valence-electron chi connectivity index (χ4n) is 3.35. The Morgan fingerprint density at radius 2 is 2.19 bits per heavy atom. The van der Waals surface area contributed by atoms with E-state index in [9.17, 15) is 9.90 Å². The normalized spacial score (nSPS) is 24.6. The fraction of sp³-hybridized carbons (Fsp3) is 0.588. The first-order valence-electron chi connectivity index (χ1n) is 7.57. The van der Waals surface area contributed by atoms with Crippen LogP contribution in [0, 0.1) is 12.8 Å². The van der Waals surface area contributed by atoms with Gasteiger partial charge in [0.05, 0.1) is 13.0 Å². The van der Waals surface area contributed by atoms with Gasteiger partial charge in [-0.15, -0.1) is 0 Å². The maximum Gasteiger partial charge on any atom is 0.306 e. The molecule has 1 aliphatic rings. The number of carboxylic acid groups (broad SMARTS) is 1. The summed E-state index contributed by atoms with van der Waals surface area (Å²) in [6.07, 6.45) is 1.44. The second-order valence-electron chi connectivity index (χ2n) is 6.07. The molecule has 0 aliphatic carbocycles. The summed E-state index contributed by atoms with van der Waals surface area (Å²) in [6.45, 7) is 7.19. The molecule has 1 heterocycles. The zero-order valence-corrected chi connectivity index (χ0v) is 13.3. The van der Waals surface area contributed by atoms with Gasteiger partial charge in [-0.1, -0.05) is 17.7 Å². The van der Waals surface area contributed by atoms with Gasteiger partial charge in [-0.2, -0.15) is 0 Å². The number of carboxylic acids is 1. The minimum atomic E-state index is -0.665. The third-order valence-electron chi connectivity index (χ3n) is 4.61. The van der Waals surface area contributed by atoms with E-state index in [2.05, 4.69) is 37.8 Å². The highest BCUT2D eigenvalue weighted by Gasteiger charge is 2.33. The number of likely N-dealkylation sites (tertiary alicyclic amines) is 1. The van der Waals surface area contributed by atoms with E-state index in [1.165, 1.54) is 11.1 Å². The molecule has 4 nitrogen and oxygen atoms in total. The Hall–Kier alpha value is -1.55. The lowest BCUT2D eigenvalue weighted by Crippen LogP contribution is -2.44. The number of ether oxygens (including phenoxy) is 1. The maximum absolute atomic E-state index is 11.2. The number of rotatable bonds is 4. The number of benzene rings is 1. The Balaban J connectivity index is 2.19. The second kappa shape index (κ2) is 6.48. The minimum absolute atomic E-state index is 0.206. The molecule has 0 bridgehead atoms. The molecule has 3 atom stereocenters. The van der Waals surface area contributed by atoms with Crippen LogP contribution in [0.1, 0.15) is 43.9 Å². The summed E-state index contributed by atoms with van der Waals surface area (Å²) in [6, 6.07) is 6.72. The molecule has 1 aliphatic heterocycles. The van der Waals surface area contributed by atoms with Gasteiger partial charge in [0.25, 0.3) is 0 Å². The van der Waals surface area contributed by atoms with Gasteiger partial charge in [-0.3, -0.25) is 9.69 Å². The van der Waals surface area contributed by atoms with Crippen LogP contribution in [0.5, 0.6) is 5.75 Å². The van der Waals surface area contributed by atoms with Crippen LogP contribution >= 0.6 is 0 Å². The number of aliphatic carboxylic acids is 1. The number of aryl methyl sites for hydroxylation is 1. The van der Waals surface area contributed by atoms with Gasteiger partial charge >= 0.3 is 5.97 Å². The van der Waals surface area contributed by atoms with Crippen molar-refractivity contribution in [3.8, 4) is 5.75 Å². The quantitative estimate of drug-likeness (QED) is 0.925. The van der Waals surface area contributed by atoms with Crippen molar-refractivity contribution in [2.45, 2.75) is 45.7 Å².